The summed E-state index contributed by atoms with van der Waals surface area (Å²) in [5.74, 6) is 0. The van der Waals surface area contributed by atoms with E-state index in [-0.39, 0.29) is 0 Å². The third-order valence-electron chi connectivity index (χ3n) is 2.31. The molecular weight excluding hydrogens is 196 g/mol. The van der Waals surface area contributed by atoms with Crippen molar-refractivity contribution in [3.63, 3.8) is 0 Å². The van der Waals surface area contributed by atoms with Crippen LogP contribution in [0.15, 0.2) is 73.4 Å². The first-order chi connectivity index (χ1) is 7.50. The summed E-state index contributed by atoms with van der Waals surface area (Å²) in [7, 11) is 0. The standard InChI is InChI=1S/C15H20O/c1-6-9-11-13(4)15(5,16)14(8-3)12-10-7-2/h6-12,16H,1,3-4H2,2,5H3/b10-7-,11-9-,14-12+. The van der Waals surface area contributed by atoms with Crippen LogP contribution in [0.1, 0.15) is 13.8 Å². The fourth-order valence-electron chi connectivity index (χ4n) is 1.16. The summed E-state index contributed by atoms with van der Waals surface area (Å²) in [5, 5.41) is 10.3. The number of hydrogen-bond acceptors (Lipinski definition) is 1. The van der Waals surface area contributed by atoms with Crippen molar-refractivity contribution in [2.75, 3.05) is 0 Å². The van der Waals surface area contributed by atoms with Gasteiger partial charge < -0.3 is 5.11 Å². The predicted octanol–water partition coefficient (Wildman–Crippen LogP) is 3.72. The van der Waals surface area contributed by atoms with E-state index in [0.717, 1.165) is 0 Å². The number of aliphatic hydroxyl groups is 1. The number of allylic oxidation sites excluding steroid dienone is 5. The molecule has 0 fully saturated rings. The Morgan fingerprint density at radius 3 is 2.31 bits per heavy atom. The third kappa shape index (κ3) is 3.87. The molecule has 0 aromatic rings. The lowest BCUT2D eigenvalue weighted by Crippen LogP contribution is -2.27. The van der Waals surface area contributed by atoms with Crippen molar-refractivity contribution in [1.29, 1.82) is 0 Å². The fourth-order valence-corrected chi connectivity index (χ4v) is 1.16. The first-order valence-electron chi connectivity index (χ1n) is 5.17. The Morgan fingerprint density at radius 1 is 1.25 bits per heavy atom. The van der Waals surface area contributed by atoms with Gasteiger partial charge in [-0.3, -0.25) is 0 Å². The van der Waals surface area contributed by atoms with Gasteiger partial charge in [-0.15, -0.1) is 0 Å². The monoisotopic (exact) mass is 216 g/mol. The molecule has 0 aliphatic carbocycles. The van der Waals surface area contributed by atoms with E-state index < -0.39 is 5.60 Å². The molecule has 1 atom stereocenters. The van der Waals surface area contributed by atoms with Crippen molar-refractivity contribution in [3.05, 3.63) is 73.4 Å². The molecule has 0 aliphatic rings. The highest BCUT2D eigenvalue weighted by atomic mass is 16.3. The van der Waals surface area contributed by atoms with Gasteiger partial charge in [-0.2, -0.15) is 0 Å². The molecule has 1 unspecified atom stereocenters. The average molecular weight is 216 g/mol. The number of hydrogen-bond donors (Lipinski definition) is 1. The van der Waals surface area contributed by atoms with Crippen LogP contribution in [0.5, 0.6) is 0 Å². The summed E-state index contributed by atoms with van der Waals surface area (Å²) in [6.45, 7) is 14.7. The molecule has 0 rings (SSSR count). The maximum absolute atomic E-state index is 10.3. The van der Waals surface area contributed by atoms with Crippen LogP contribution in [-0.4, -0.2) is 10.7 Å². The average Bonchev–Trinajstić information content (AvgIpc) is 2.26. The molecule has 0 aliphatic heterocycles. The normalized spacial score (nSPS) is 16.3. The Bertz CT molecular complexity index is 352. The maximum atomic E-state index is 10.3. The van der Waals surface area contributed by atoms with Crippen molar-refractivity contribution >= 4 is 0 Å². The molecule has 0 radical (unpaired) electrons. The summed E-state index contributed by atoms with van der Waals surface area (Å²) in [5.41, 5.74) is 0.202. The topological polar surface area (TPSA) is 20.2 Å². The summed E-state index contributed by atoms with van der Waals surface area (Å²) in [4.78, 5) is 0. The highest BCUT2D eigenvalue weighted by Gasteiger charge is 2.25. The van der Waals surface area contributed by atoms with Gasteiger partial charge in [0.15, 0.2) is 0 Å². The molecule has 0 saturated heterocycles. The highest BCUT2D eigenvalue weighted by molar-refractivity contribution is 5.42. The van der Waals surface area contributed by atoms with Gasteiger partial charge in [-0.25, -0.2) is 0 Å². The van der Waals surface area contributed by atoms with Crippen LogP contribution in [0.4, 0.5) is 0 Å². The highest BCUT2D eigenvalue weighted by Crippen LogP contribution is 2.26. The second-order valence-corrected chi connectivity index (χ2v) is 3.54. The van der Waals surface area contributed by atoms with Crippen molar-refractivity contribution in [3.8, 4) is 0 Å². The molecule has 0 saturated carbocycles. The second kappa shape index (κ2) is 6.81. The quantitative estimate of drug-likeness (QED) is 0.671. The molecule has 0 heterocycles. The molecule has 1 N–H and O–H groups in total. The fraction of sp³-hybridized carbons (Fsp3) is 0.200. The van der Waals surface area contributed by atoms with E-state index in [2.05, 4.69) is 19.7 Å². The second-order valence-electron chi connectivity index (χ2n) is 3.54. The lowest BCUT2D eigenvalue weighted by Gasteiger charge is -2.25. The summed E-state index contributed by atoms with van der Waals surface area (Å²) in [6, 6.07) is 0. The minimum atomic E-state index is -1.11. The Labute approximate surface area is 98.5 Å². The van der Waals surface area contributed by atoms with Crippen LogP contribution in [-0.2, 0) is 0 Å². The van der Waals surface area contributed by atoms with Gasteiger partial charge in [0.1, 0.15) is 5.60 Å². The van der Waals surface area contributed by atoms with E-state index in [1.807, 2.05) is 25.2 Å². The van der Waals surface area contributed by atoms with Gasteiger partial charge in [0.2, 0.25) is 0 Å². The van der Waals surface area contributed by atoms with E-state index in [1.54, 1.807) is 31.2 Å². The van der Waals surface area contributed by atoms with Gasteiger partial charge in [0, 0.05) is 0 Å². The summed E-state index contributed by atoms with van der Waals surface area (Å²) >= 11 is 0. The van der Waals surface area contributed by atoms with E-state index in [0.29, 0.717) is 11.1 Å². The lowest BCUT2D eigenvalue weighted by atomic mass is 9.87. The summed E-state index contributed by atoms with van der Waals surface area (Å²) in [6.07, 6.45) is 12.3. The zero-order chi connectivity index (χ0) is 12.6. The zero-order valence-electron chi connectivity index (χ0n) is 10.1. The van der Waals surface area contributed by atoms with Crippen LogP contribution < -0.4 is 0 Å². The van der Waals surface area contributed by atoms with Crippen molar-refractivity contribution < 1.29 is 5.11 Å². The van der Waals surface area contributed by atoms with Gasteiger partial charge in [-0.1, -0.05) is 62.3 Å². The Hall–Kier alpha value is -1.60. The van der Waals surface area contributed by atoms with Crippen LogP contribution in [0.2, 0.25) is 0 Å². The van der Waals surface area contributed by atoms with Crippen molar-refractivity contribution in [2.24, 2.45) is 0 Å². The molecular formula is C15H20O. The van der Waals surface area contributed by atoms with E-state index in [4.69, 9.17) is 0 Å². The van der Waals surface area contributed by atoms with Crippen molar-refractivity contribution in [1.82, 2.24) is 0 Å². The van der Waals surface area contributed by atoms with Crippen LogP contribution in [0.3, 0.4) is 0 Å². The van der Waals surface area contributed by atoms with Gasteiger partial charge >= 0.3 is 0 Å². The molecule has 1 heteroatoms. The predicted molar refractivity (Wildman–Crippen MR) is 72.2 cm³/mol. The lowest BCUT2D eigenvalue weighted by molar-refractivity contribution is 0.146. The Kier molecular flexibility index (Phi) is 6.12. The van der Waals surface area contributed by atoms with E-state index in [1.165, 1.54) is 0 Å². The van der Waals surface area contributed by atoms with E-state index >= 15 is 0 Å². The zero-order valence-corrected chi connectivity index (χ0v) is 10.1. The molecule has 86 valence electrons. The smallest absolute Gasteiger partial charge is 0.111 e. The van der Waals surface area contributed by atoms with Crippen LogP contribution >= 0.6 is 0 Å². The molecule has 16 heavy (non-hydrogen) atoms. The third-order valence-corrected chi connectivity index (χ3v) is 2.31. The van der Waals surface area contributed by atoms with Gasteiger partial charge in [-0.05, 0) is 25.0 Å². The SMILES string of the molecule is C=C/C=C\C(=C)C(C)(O)/C(C=C)=C/C=C\C. The van der Waals surface area contributed by atoms with Crippen molar-refractivity contribution in [2.45, 2.75) is 19.4 Å². The van der Waals surface area contributed by atoms with Crippen LogP contribution in [0, 0.1) is 0 Å². The molecule has 0 spiro atoms. The molecule has 0 aromatic heterocycles. The first-order valence-corrected chi connectivity index (χ1v) is 5.17. The Morgan fingerprint density at radius 2 is 1.88 bits per heavy atom. The largest absolute Gasteiger partial charge is 0.381 e. The van der Waals surface area contributed by atoms with Crippen LogP contribution in [0.25, 0.3) is 0 Å². The molecule has 0 aromatic carbocycles. The van der Waals surface area contributed by atoms with E-state index in [9.17, 15) is 5.11 Å². The number of rotatable bonds is 6. The first kappa shape index (κ1) is 14.4. The minimum Gasteiger partial charge on any atom is -0.381 e. The van der Waals surface area contributed by atoms with Gasteiger partial charge in [0.25, 0.3) is 0 Å². The Balaban J connectivity index is 5.14. The maximum Gasteiger partial charge on any atom is 0.111 e. The minimum absolute atomic E-state index is 0.600. The summed E-state index contributed by atoms with van der Waals surface area (Å²) < 4.78 is 0. The molecule has 0 bridgehead atoms. The molecule has 1 nitrogen and oxygen atoms in total. The van der Waals surface area contributed by atoms with Gasteiger partial charge in [0.05, 0.1) is 0 Å². The molecule has 0 amide bonds.